The summed E-state index contributed by atoms with van der Waals surface area (Å²) >= 11 is 0. The van der Waals surface area contributed by atoms with Gasteiger partial charge in [-0.15, -0.1) is 0 Å². The van der Waals surface area contributed by atoms with Crippen molar-refractivity contribution in [2.75, 3.05) is 7.11 Å². The van der Waals surface area contributed by atoms with E-state index in [-0.39, 0.29) is 11.5 Å². The zero-order chi connectivity index (χ0) is 17.2. The molecule has 0 amide bonds. The molecular formula is C15H17N5O3S. The Morgan fingerprint density at radius 1 is 1.42 bits per heavy atom. The average Bonchev–Trinajstić information content (AvgIpc) is 2.99. The Balaban J connectivity index is 1.84. The number of hydrogen-bond acceptors (Lipinski definition) is 6. The van der Waals surface area contributed by atoms with Gasteiger partial charge in [0.1, 0.15) is 12.4 Å². The van der Waals surface area contributed by atoms with Gasteiger partial charge in [0, 0.05) is 13.7 Å². The summed E-state index contributed by atoms with van der Waals surface area (Å²) in [5, 5.41) is 13.1. The number of ether oxygens (including phenoxy) is 1. The molecule has 126 valence electrons. The van der Waals surface area contributed by atoms with Crippen LogP contribution in [0.1, 0.15) is 36.1 Å². The van der Waals surface area contributed by atoms with Crippen LogP contribution in [0.15, 0.2) is 29.2 Å². The standard InChI is InChI=1S/C15H17N5O3S/c1-23-10-14-17-15-13(3-2-8-20(15)18-14)19-24(21,22)12-6-4-11(9-16)5-7-12/h4-7,13,19H,2-3,8,10H2,1H3. The Bertz CT molecular complexity index is 868. The quantitative estimate of drug-likeness (QED) is 0.867. The molecule has 1 aromatic carbocycles. The molecule has 1 unspecified atom stereocenters. The van der Waals surface area contributed by atoms with Gasteiger partial charge in [-0.2, -0.15) is 10.4 Å². The molecule has 0 saturated carbocycles. The number of nitrogens with zero attached hydrogens (tertiary/aromatic N) is 4. The summed E-state index contributed by atoms with van der Waals surface area (Å²) in [6.45, 7) is 0.996. The molecule has 0 radical (unpaired) electrons. The van der Waals surface area contributed by atoms with Crippen LogP contribution in [0.3, 0.4) is 0 Å². The fraction of sp³-hybridized carbons (Fsp3) is 0.400. The molecule has 1 atom stereocenters. The van der Waals surface area contributed by atoms with Crippen molar-refractivity contribution in [1.29, 1.82) is 5.26 Å². The fourth-order valence-electron chi connectivity index (χ4n) is 2.67. The van der Waals surface area contributed by atoms with Gasteiger partial charge in [-0.3, -0.25) is 0 Å². The van der Waals surface area contributed by atoms with Crippen LogP contribution < -0.4 is 4.72 Å². The van der Waals surface area contributed by atoms with Gasteiger partial charge in [-0.1, -0.05) is 0 Å². The lowest BCUT2D eigenvalue weighted by molar-refractivity contribution is 0.177. The highest BCUT2D eigenvalue weighted by atomic mass is 32.2. The first-order valence-electron chi connectivity index (χ1n) is 7.48. The first kappa shape index (κ1) is 16.6. The van der Waals surface area contributed by atoms with Gasteiger partial charge in [0.25, 0.3) is 0 Å². The van der Waals surface area contributed by atoms with E-state index in [0.717, 1.165) is 6.42 Å². The number of methoxy groups -OCH3 is 1. The number of benzene rings is 1. The minimum Gasteiger partial charge on any atom is -0.377 e. The van der Waals surface area contributed by atoms with E-state index in [0.29, 0.717) is 30.2 Å². The Labute approximate surface area is 140 Å². The lowest BCUT2D eigenvalue weighted by atomic mass is 10.1. The number of rotatable bonds is 5. The molecule has 8 nitrogen and oxygen atoms in total. The monoisotopic (exact) mass is 347 g/mol. The third-order valence-corrected chi connectivity index (χ3v) is 5.27. The maximum absolute atomic E-state index is 12.6. The Morgan fingerprint density at radius 3 is 2.83 bits per heavy atom. The van der Waals surface area contributed by atoms with Crippen molar-refractivity contribution in [2.24, 2.45) is 0 Å². The molecule has 2 heterocycles. The van der Waals surface area contributed by atoms with Crippen molar-refractivity contribution < 1.29 is 13.2 Å². The zero-order valence-corrected chi connectivity index (χ0v) is 14.0. The van der Waals surface area contributed by atoms with E-state index in [4.69, 9.17) is 10.00 Å². The van der Waals surface area contributed by atoms with Gasteiger partial charge in [0.2, 0.25) is 10.0 Å². The molecule has 0 spiro atoms. The normalized spacial score (nSPS) is 17.2. The summed E-state index contributed by atoms with van der Waals surface area (Å²) in [6, 6.07) is 7.34. The molecular weight excluding hydrogens is 330 g/mol. The molecule has 1 N–H and O–H groups in total. The predicted molar refractivity (Wildman–Crippen MR) is 84.2 cm³/mol. The van der Waals surface area contributed by atoms with E-state index in [1.165, 1.54) is 24.3 Å². The fourth-order valence-corrected chi connectivity index (χ4v) is 3.89. The van der Waals surface area contributed by atoms with Crippen LogP contribution in [0.25, 0.3) is 0 Å². The zero-order valence-electron chi connectivity index (χ0n) is 13.1. The summed E-state index contributed by atoms with van der Waals surface area (Å²) in [5.41, 5.74) is 0.413. The maximum atomic E-state index is 12.6. The van der Waals surface area contributed by atoms with Gasteiger partial charge in [0.05, 0.1) is 22.6 Å². The summed E-state index contributed by atoms with van der Waals surface area (Å²) in [5.74, 6) is 1.14. The van der Waals surface area contributed by atoms with Crippen LogP contribution in [0.5, 0.6) is 0 Å². The van der Waals surface area contributed by atoms with Crippen LogP contribution in [-0.2, 0) is 27.9 Å². The van der Waals surface area contributed by atoms with Crippen molar-refractivity contribution in [2.45, 2.75) is 36.9 Å². The van der Waals surface area contributed by atoms with E-state index in [1.54, 1.807) is 11.8 Å². The van der Waals surface area contributed by atoms with Crippen molar-refractivity contribution in [3.63, 3.8) is 0 Å². The molecule has 0 aliphatic carbocycles. The molecule has 1 aliphatic heterocycles. The molecule has 0 saturated heterocycles. The number of nitrogens with one attached hydrogen (secondary N) is 1. The second-order valence-corrected chi connectivity index (χ2v) is 7.21. The second-order valence-electron chi connectivity index (χ2n) is 5.49. The summed E-state index contributed by atoms with van der Waals surface area (Å²) in [4.78, 5) is 4.50. The highest BCUT2D eigenvalue weighted by Gasteiger charge is 2.28. The molecule has 1 aromatic heterocycles. The topological polar surface area (TPSA) is 110 Å². The van der Waals surface area contributed by atoms with E-state index < -0.39 is 16.1 Å². The summed E-state index contributed by atoms with van der Waals surface area (Å²) in [6.07, 6.45) is 1.46. The third-order valence-electron chi connectivity index (χ3n) is 3.78. The van der Waals surface area contributed by atoms with Crippen LogP contribution in [0.4, 0.5) is 0 Å². The third kappa shape index (κ3) is 3.31. The number of aromatic nitrogens is 3. The molecule has 2 aromatic rings. The lowest BCUT2D eigenvalue weighted by Gasteiger charge is -2.22. The minimum absolute atomic E-state index is 0.121. The van der Waals surface area contributed by atoms with E-state index in [9.17, 15) is 8.42 Å². The van der Waals surface area contributed by atoms with E-state index in [1.807, 2.05) is 6.07 Å². The van der Waals surface area contributed by atoms with Gasteiger partial charge < -0.3 is 4.74 Å². The SMILES string of the molecule is COCc1nc2n(n1)CCCC2NS(=O)(=O)c1ccc(C#N)cc1. The van der Waals surface area contributed by atoms with Crippen LogP contribution in [0, 0.1) is 11.3 Å². The van der Waals surface area contributed by atoms with Crippen molar-refractivity contribution >= 4 is 10.0 Å². The number of hydrogen-bond donors (Lipinski definition) is 1. The highest BCUT2D eigenvalue weighted by molar-refractivity contribution is 7.89. The number of sulfonamides is 1. The Morgan fingerprint density at radius 2 is 2.17 bits per heavy atom. The minimum atomic E-state index is -3.70. The first-order valence-corrected chi connectivity index (χ1v) is 8.97. The molecule has 24 heavy (non-hydrogen) atoms. The molecule has 9 heteroatoms. The summed E-state index contributed by atoms with van der Waals surface area (Å²) in [7, 11) is -2.14. The van der Waals surface area contributed by atoms with Gasteiger partial charge in [0.15, 0.2) is 5.82 Å². The van der Waals surface area contributed by atoms with Gasteiger partial charge in [-0.05, 0) is 37.1 Å². The van der Waals surface area contributed by atoms with Gasteiger partial charge in [-0.25, -0.2) is 22.8 Å². The smallest absolute Gasteiger partial charge is 0.241 e. The Kier molecular flexibility index (Phi) is 4.62. The molecule has 3 rings (SSSR count). The number of fused-ring (bicyclic) bond motifs is 1. The van der Waals surface area contributed by atoms with Crippen LogP contribution in [-0.4, -0.2) is 30.3 Å². The predicted octanol–water partition coefficient (Wildman–Crippen LogP) is 1.11. The van der Waals surface area contributed by atoms with Crippen molar-refractivity contribution in [3.8, 4) is 6.07 Å². The molecule has 1 aliphatic rings. The van der Waals surface area contributed by atoms with E-state index in [2.05, 4.69) is 14.8 Å². The molecule has 0 fully saturated rings. The Hall–Kier alpha value is -2.28. The van der Waals surface area contributed by atoms with Crippen molar-refractivity contribution in [3.05, 3.63) is 41.5 Å². The second kappa shape index (κ2) is 6.68. The largest absolute Gasteiger partial charge is 0.377 e. The lowest BCUT2D eigenvalue weighted by Crippen LogP contribution is -2.33. The van der Waals surface area contributed by atoms with E-state index >= 15 is 0 Å². The molecule has 0 bridgehead atoms. The average molecular weight is 347 g/mol. The van der Waals surface area contributed by atoms with Gasteiger partial charge >= 0.3 is 0 Å². The van der Waals surface area contributed by atoms with Crippen LogP contribution >= 0.6 is 0 Å². The maximum Gasteiger partial charge on any atom is 0.241 e. The number of aryl methyl sites for hydroxylation is 1. The van der Waals surface area contributed by atoms with Crippen LogP contribution in [0.2, 0.25) is 0 Å². The number of nitriles is 1. The first-order chi connectivity index (χ1) is 11.5. The highest BCUT2D eigenvalue weighted by Crippen LogP contribution is 2.25. The summed E-state index contributed by atoms with van der Waals surface area (Å²) < 4.78 is 34.6. The van der Waals surface area contributed by atoms with Crippen molar-refractivity contribution in [1.82, 2.24) is 19.5 Å².